The Morgan fingerprint density at radius 3 is 2.79 bits per heavy atom. The number of carbonyl (C=O) groups excluding carboxylic acids is 2. The number of benzene rings is 2. The SMILES string of the molecule is COc1ccc(C=C2Sc3ccccc3N(CC(=O)NC3CCCC(C)C3C)C2=O)cc1Br. The molecule has 0 saturated heterocycles. The lowest BCUT2D eigenvalue weighted by molar-refractivity contribution is -0.123. The minimum atomic E-state index is -0.161. The maximum Gasteiger partial charge on any atom is 0.265 e. The predicted octanol–water partition coefficient (Wildman–Crippen LogP) is 5.88. The first-order valence-corrected chi connectivity index (χ1v) is 12.9. The second kappa shape index (κ2) is 10.3. The summed E-state index contributed by atoms with van der Waals surface area (Å²) in [5.41, 5.74) is 1.66. The summed E-state index contributed by atoms with van der Waals surface area (Å²) in [4.78, 5) is 29.6. The number of nitrogens with zero attached hydrogens (tertiary/aromatic N) is 1. The average Bonchev–Trinajstić information content (AvgIpc) is 2.80. The summed E-state index contributed by atoms with van der Waals surface area (Å²) in [7, 11) is 1.62. The van der Waals surface area contributed by atoms with E-state index in [1.165, 1.54) is 18.2 Å². The second-order valence-corrected chi connectivity index (χ2v) is 10.7. The van der Waals surface area contributed by atoms with Crippen molar-refractivity contribution in [2.45, 2.75) is 44.0 Å². The lowest BCUT2D eigenvalue weighted by Gasteiger charge is -2.35. The van der Waals surface area contributed by atoms with Gasteiger partial charge in [0, 0.05) is 10.9 Å². The van der Waals surface area contributed by atoms with Gasteiger partial charge in [-0.05, 0) is 70.1 Å². The van der Waals surface area contributed by atoms with E-state index in [4.69, 9.17) is 4.74 Å². The van der Waals surface area contributed by atoms with Crippen LogP contribution in [0.2, 0.25) is 0 Å². The summed E-state index contributed by atoms with van der Waals surface area (Å²) in [5, 5.41) is 3.20. The molecule has 174 valence electrons. The van der Waals surface area contributed by atoms with Gasteiger partial charge in [-0.1, -0.05) is 56.7 Å². The van der Waals surface area contributed by atoms with Gasteiger partial charge in [0.1, 0.15) is 12.3 Å². The summed E-state index contributed by atoms with van der Waals surface area (Å²) in [6, 6.07) is 13.6. The van der Waals surface area contributed by atoms with E-state index in [2.05, 4.69) is 35.1 Å². The van der Waals surface area contributed by atoms with Crippen LogP contribution in [0.4, 0.5) is 5.69 Å². The summed E-state index contributed by atoms with van der Waals surface area (Å²) < 4.78 is 6.12. The lowest BCUT2D eigenvalue weighted by atomic mass is 9.78. The second-order valence-electron chi connectivity index (χ2n) is 8.80. The van der Waals surface area contributed by atoms with Crippen LogP contribution >= 0.6 is 27.7 Å². The summed E-state index contributed by atoms with van der Waals surface area (Å²) in [5.74, 6) is 1.49. The van der Waals surface area contributed by atoms with Crippen LogP contribution in [0.3, 0.4) is 0 Å². The van der Waals surface area contributed by atoms with Crippen LogP contribution in [0.15, 0.2) is 56.7 Å². The Kier molecular flexibility index (Phi) is 7.49. The fraction of sp³-hybridized carbons (Fsp3) is 0.385. The smallest absolute Gasteiger partial charge is 0.265 e. The Morgan fingerprint density at radius 2 is 2.03 bits per heavy atom. The molecule has 1 saturated carbocycles. The minimum Gasteiger partial charge on any atom is -0.496 e. The number of para-hydroxylation sites is 1. The van der Waals surface area contributed by atoms with E-state index in [0.29, 0.717) is 16.7 Å². The van der Waals surface area contributed by atoms with Crippen molar-refractivity contribution in [3.63, 3.8) is 0 Å². The Balaban J connectivity index is 1.57. The number of nitrogens with one attached hydrogen (secondary N) is 1. The van der Waals surface area contributed by atoms with Crippen molar-refractivity contribution in [1.29, 1.82) is 0 Å². The van der Waals surface area contributed by atoms with Crippen molar-refractivity contribution in [2.75, 3.05) is 18.6 Å². The van der Waals surface area contributed by atoms with E-state index >= 15 is 0 Å². The van der Waals surface area contributed by atoms with Crippen LogP contribution in [-0.2, 0) is 9.59 Å². The number of methoxy groups -OCH3 is 1. The molecule has 5 nitrogen and oxygen atoms in total. The Bertz CT molecular complexity index is 1090. The first-order chi connectivity index (χ1) is 15.9. The van der Waals surface area contributed by atoms with E-state index in [1.807, 2.05) is 48.5 Å². The zero-order chi connectivity index (χ0) is 23.5. The Labute approximate surface area is 208 Å². The highest BCUT2D eigenvalue weighted by atomic mass is 79.9. The van der Waals surface area contributed by atoms with Gasteiger partial charge < -0.3 is 10.1 Å². The van der Waals surface area contributed by atoms with Crippen molar-refractivity contribution in [1.82, 2.24) is 5.32 Å². The molecule has 1 aliphatic heterocycles. The molecule has 0 spiro atoms. The topological polar surface area (TPSA) is 58.6 Å². The third-order valence-corrected chi connectivity index (χ3v) is 8.36. The first-order valence-electron chi connectivity index (χ1n) is 11.3. The van der Waals surface area contributed by atoms with Crippen LogP contribution in [0, 0.1) is 11.8 Å². The van der Waals surface area contributed by atoms with Gasteiger partial charge in [0.2, 0.25) is 5.91 Å². The third kappa shape index (κ3) is 5.30. The van der Waals surface area contributed by atoms with Gasteiger partial charge in [-0.2, -0.15) is 0 Å². The molecule has 1 heterocycles. The highest BCUT2D eigenvalue weighted by Gasteiger charge is 2.32. The molecule has 1 aliphatic carbocycles. The van der Waals surface area contributed by atoms with Crippen molar-refractivity contribution in [3.05, 3.63) is 57.4 Å². The predicted molar refractivity (Wildman–Crippen MR) is 137 cm³/mol. The normalized spacial score (nSPS) is 23.9. The molecule has 2 amide bonds. The molecule has 2 aliphatic rings. The minimum absolute atomic E-state index is 0.0116. The van der Waals surface area contributed by atoms with Crippen LogP contribution < -0.4 is 15.0 Å². The molecular weight excluding hydrogens is 500 g/mol. The van der Waals surface area contributed by atoms with Gasteiger partial charge in [-0.3, -0.25) is 14.5 Å². The molecule has 0 aromatic heterocycles. The van der Waals surface area contributed by atoms with Gasteiger partial charge in [0.05, 0.1) is 22.2 Å². The van der Waals surface area contributed by atoms with Gasteiger partial charge in [0.15, 0.2) is 0 Å². The van der Waals surface area contributed by atoms with Crippen molar-refractivity contribution in [3.8, 4) is 5.75 Å². The van der Waals surface area contributed by atoms with E-state index in [-0.39, 0.29) is 24.4 Å². The maximum absolute atomic E-state index is 13.5. The maximum atomic E-state index is 13.5. The lowest BCUT2D eigenvalue weighted by Crippen LogP contribution is -2.49. The molecule has 7 heteroatoms. The van der Waals surface area contributed by atoms with Gasteiger partial charge in [-0.15, -0.1) is 0 Å². The highest BCUT2D eigenvalue weighted by Crippen LogP contribution is 2.42. The number of anilines is 1. The molecule has 3 atom stereocenters. The summed E-state index contributed by atoms with van der Waals surface area (Å²) >= 11 is 4.94. The standard InChI is InChI=1S/C26H29BrN2O3S/c1-16-7-6-8-20(17(16)2)28-25(30)15-29-21-9-4-5-10-23(21)33-24(26(29)31)14-18-11-12-22(32-3)19(27)13-18/h4-5,9-14,16-17,20H,6-8,15H2,1-3H3,(H,28,30). The van der Waals surface area contributed by atoms with Gasteiger partial charge >= 0.3 is 0 Å². The van der Waals surface area contributed by atoms with E-state index in [9.17, 15) is 9.59 Å². The average molecular weight is 530 g/mol. The zero-order valence-electron chi connectivity index (χ0n) is 19.1. The number of rotatable bonds is 5. The van der Waals surface area contributed by atoms with E-state index in [0.717, 1.165) is 39.2 Å². The highest BCUT2D eigenvalue weighted by molar-refractivity contribution is 9.10. The molecule has 1 N–H and O–H groups in total. The third-order valence-electron chi connectivity index (χ3n) is 6.66. The number of fused-ring (bicyclic) bond motifs is 1. The largest absolute Gasteiger partial charge is 0.496 e. The number of ether oxygens (including phenoxy) is 1. The molecule has 2 aromatic rings. The molecule has 4 rings (SSSR count). The number of carbonyl (C=O) groups is 2. The number of halogens is 1. The molecule has 33 heavy (non-hydrogen) atoms. The molecule has 0 bridgehead atoms. The van der Waals surface area contributed by atoms with Crippen LogP contribution in [-0.4, -0.2) is 31.5 Å². The van der Waals surface area contributed by atoms with E-state index in [1.54, 1.807) is 12.0 Å². The molecule has 2 aromatic carbocycles. The summed E-state index contributed by atoms with van der Waals surface area (Å²) in [6.45, 7) is 4.47. The zero-order valence-corrected chi connectivity index (χ0v) is 21.5. The Hall–Kier alpha value is -2.25. The van der Waals surface area contributed by atoms with E-state index < -0.39 is 0 Å². The Morgan fingerprint density at radius 1 is 1.24 bits per heavy atom. The molecule has 1 fully saturated rings. The van der Waals surface area contributed by atoms with Crippen molar-refractivity contribution < 1.29 is 14.3 Å². The quantitative estimate of drug-likeness (QED) is 0.492. The molecular formula is C26H29BrN2O3S. The molecule has 3 unspecified atom stereocenters. The monoisotopic (exact) mass is 528 g/mol. The molecule has 0 radical (unpaired) electrons. The van der Waals surface area contributed by atoms with Gasteiger partial charge in [-0.25, -0.2) is 0 Å². The van der Waals surface area contributed by atoms with Crippen LogP contribution in [0.5, 0.6) is 5.75 Å². The van der Waals surface area contributed by atoms with Crippen LogP contribution in [0.1, 0.15) is 38.7 Å². The number of hydrogen-bond donors (Lipinski definition) is 1. The summed E-state index contributed by atoms with van der Waals surface area (Å²) in [6.07, 6.45) is 5.19. The van der Waals surface area contributed by atoms with Gasteiger partial charge in [0.25, 0.3) is 5.91 Å². The van der Waals surface area contributed by atoms with Crippen molar-refractivity contribution >= 4 is 51.3 Å². The number of hydrogen-bond acceptors (Lipinski definition) is 4. The number of amides is 2. The van der Waals surface area contributed by atoms with Crippen LogP contribution in [0.25, 0.3) is 6.08 Å². The fourth-order valence-corrected chi connectivity index (χ4v) is 6.14. The fourth-order valence-electron chi connectivity index (χ4n) is 4.52. The van der Waals surface area contributed by atoms with Crippen molar-refractivity contribution in [2.24, 2.45) is 11.8 Å². The first kappa shape index (κ1) is 23.9. The number of thioether (sulfide) groups is 1.